The van der Waals surface area contributed by atoms with Gasteiger partial charge in [0.05, 0.1) is 65.7 Å². The summed E-state index contributed by atoms with van der Waals surface area (Å²) in [5, 5.41) is 80.1. The summed E-state index contributed by atoms with van der Waals surface area (Å²) in [6.45, 7) is -2.49. The number of ether oxygens (including phenoxy) is 3. The normalized spacial score (nSPS) is 17.5. The molecule has 0 aromatic rings. The second kappa shape index (κ2) is 33.1. The molecule has 0 aromatic carbocycles. The number of aliphatic imine (C=N–C) groups is 2. The van der Waals surface area contributed by atoms with E-state index in [1.165, 1.54) is 22.6 Å². The van der Waals surface area contributed by atoms with Gasteiger partial charge in [-0.1, -0.05) is 0 Å². The van der Waals surface area contributed by atoms with Crippen LogP contribution in [0.4, 0.5) is 0 Å². The molecule has 1 atom stereocenters. The minimum Gasteiger partial charge on any atom is -0.483 e. The zero-order valence-corrected chi connectivity index (χ0v) is 40.4. The lowest BCUT2D eigenvalue weighted by Crippen LogP contribution is -2.62. The Morgan fingerprint density at radius 3 is 1.31 bits per heavy atom. The van der Waals surface area contributed by atoms with Crippen LogP contribution >= 0.6 is 0 Å². The standard InChI is InChI=1S/C43H73N9O19/c1-44-30-71-33(46-32-70-17-7-4-10-43(52(24-40(65)66)25-41(67)68)28-49(20-36(57)58)14-15-50(29-43)21-37(59)60)8-2-5-11-45-31-69-16-6-3-9-42(51(22-38(61)62)23-39(63)64)26-47(18-34(53)54)12-13-48(27-42)19-35(55)56/h30-31,33,46H,2-29,32H2,1H3,(H,53,54)(H,55,56)(H,57,58)(H,59,60)(H,61,62)(H,63,64)(H,65,66)(H,67,68)/b44-30-,45-31-/t33-/m1/s1. The van der Waals surface area contributed by atoms with Crippen molar-refractivity contribution in [3.05, 3.63) is 0 Å². The first-order valence-corrected chi connectivity index (χ1v) is 23.3. The number of carbonyl (C=O) groups is 8. The van der Waals surface area contributed by atoms with Crippen molar-refractivity contribution in [2.24, 2.45) is 9.98 Å². The highest BCUT2D eigenvalue weighted by molar-refractivity contribution is 5.74. The molecule has 2 rings (SSSR count). The predicted octanol–water partition coefficient (Wildman–Crippen LogP) is -1.90. The van der Waals surface area contributed by atoms with Gasteiger partial charge in [-0.05, 0) is 57.8 Å². The molecule has 28 heteroatoms. The lowest BCUT2D eigenvalue weighted by Gasteiger charge is -2.45. The van der Waals surface area contributed by atoms with Crippen molar-refractivity contribution < 1.29 is 93.4 Å². The van der Waals surface area contributed by atoms with Crippen molar-refractivity contribution in [3.8, 4) is 0 Å². The number of unbranched alkanes of at least 4 members (excludes halogenated alkanes) is 3. The number of hydrogen-bond donors (Lipinski definition) is 9. The fourth-order valence-corrected chi connectivity index (χ4v) is 8.99. The number of aliphatic carboxylic acids is 8. The second-order valence-electron chi connectivity index (χ2n) is 17.7. The molecule has 0 spiro atoms. The maximum atomic E-state index is 11.9. The number of carboxylic acids is 8. The molecule has 2 aliphatic heterocycles. The van der Waals surface area contributed by atoms with Crippen LogP contribution in [0.25, 0.3) is 0 Å². The van der Waals surface area contributed by atoms with Gasteiger partial charge >= 0.3 is 47.8 Å². The van der Waals surface area contributed by atoms with Crippen LogP contribution in [0.1, 0.15) is 57.8 Å². The summed E-state index contributed by atoms with van der Waals surface area (Å²) in [6, 6.07) is 0. The Morgan fingerprint density at radius 2 is 0.944 bits per heavy atom. The van der Waals surface area contributed by atoms with Crippen LogP contribution in [0.2, 0.25) is 0 Å². The number of carboxylic acid groups (broad SMARTS) is 8. The van der Waals surface area contributed by atoms with Crippen LogP contribution in [0, 0.1) is 0 Å². The smallest absolute Gasteiger partial charge is 0.317 e. The molecule has 9 N–H and O–H groups in total. The van der Waals surface area contributed by atoms with E-state index in [1.807, 2.05) is 0 Å². The summed E-state index contributed by atoms with van der Waals surface area (Å²) in [5.41, 5.74) is -2.42. The number of rotatable bonds is 39. The summed E-state index contributed by atoms with van der Waals surface area (Å²) in [5.74, 6) is -9.70. The van der Waals surface area contributed by atoms with Gasteiger partial charge < -0.3 is 55.1 Å². The van der Waals surface area contributed by atoms with Crippen LogP contribution in [0.3, 0.4) is 0 Å². The first kappa shape index (κ1) is 61.5. The Kier molecular flexibility index (Phi) is 28.7. The molecule has 28 nitrogen and oxygen atoms in total. The molecule has 0 amide bonds. The molecule has 2 saturated heterocycles. The van der Waals surface area contributed by atoms with Gasteiger partial charge in [0.2, 0.25) is 0 Å². The fourth-order valence-electron chi connectivity index (χ4n) is 8.99. The maximum absolute atomic E-state index is 11.9. The lowest BCUT2D eigenvalue weighted by atomic mass is 9.88. The number of hydrogen-bond acceptors (Lipinski definition) is 20. The molecular formula is C43H73N9O19. The van der Waals surface area contributed by atoms with E-state index in [-0.39, 0.29) is 85.1 Å². The average Bonchev–Trinajstić information content (AvgIpc) is 3.53. The molecule has 71 heavy (non-hydrogen) atoms. The Labute approximate surface area is 411 Å². The summed E-state index contributed by atoms with van der Waals surface area (Å²) >= 11 is 0. The highest BCUT2D eigenvalue weighted by Gasteiger charge is 2.45. The van der Waals surface area contributed by atoms with Crippen LogP contribution in [-0.2, 0) is 52.6 Å². The third-order valence-electron chi connectivity index (χ3n) is 11.8. The van der Waals surface area contributed by atoms with Gasteiger partial charge in [-0.2, -0.15) is 0 Å². The van der Waals surface area contributed by atoms with Crippen LogP contribution in [-0.4, -0.2) is 286 Å². The summed E-state index contributed by atoms with van der Waals surface area (Å²) < 4.78 is 17.0. The van der Waals surface area contributed by atoms with Gasteiger partial charge in [-0.15, -0.1) is 0 Å². The second-order valence-corrected chi connectivity index (χ2v) is 17.7. The maximum Gasteiger partial charge on any atom is 0.317 e. The van der Waals surface area contributed by atoms with Crippen molar-refractivity contribution in [1.82, 2.24) is 34.7 Å². The largest absolute Gasteiger partial charge is 0.483 e. The summed E-state index contributed by atoms with van der Waals surface area (Å²) in [7, 11) is 1.55. The highest BCUT2D eigenvalue weighted by Crippen LogP contribution is 2.30. The number of nitrogens with zero attached hydrogens (tertiary/aromatic N) is 8. The summed E-state index contributed by atoms with van der Waals surface area (Å²) in [6.07, 6.45) is 6.21. The van der Waals surface area contributed by atoms with Crippen molar-refractivity contribution in [1.29, 1.82) is 0 Å². The van der Waals surface area contributed by atoms with E-state index in [4.69, 9.17) is 14.2 Å². The van der Waals surface area contributed by atoms with Gasteiger partial charge in [0.1, 0.15) is 0 Å². The van der Waals surface area contributed by atoms with Crippen molar-refractivity contribution in [2.75, 3.05) is 138 Å². The third kappa shape index (κ3) is 25.9. The predicted molar refractivity (Wildman–Crippen MR) is 250 cm³/mol. The molecule has 2 fully saturated rings. The summed E-state index contributed by atoms with van der Waals surface area (Å²) in [4.78, 5) is 111. The van der Waals surface area contributed by atoms with E-state index in [2.05, 4.69) is 15.3 Å². The minimum atomic E-state index is -1.29. The van der Waals surface area contributed by atoms with E-state index in [9.17, 15) is 79.2 Å². The van der Waals surface area contributed by atoms with E-state index in [0.717, 1.165) is 0 Å². The Balaban J connectivity index is 1.91. The third-order valence-corrected chi connectivity index (χ3v) is 11.8. The quantitative estimate of drug-likeness (QED) is 0.0141. The average molecular weight is 1020 g/mol. The highest BCUT2D eigenvalue weighted by atomic mass is 16.5. The Bertz CT molecular complexity index is 1690. The topological polar surface area (TPSA) is 382 Å². The molecule has 0 aliphatic carbocycles. The lowest BCUT2D eigenvalue weighted by molar-refractivity contribution is -0.148. The van der Waals surface area contributed by atoms with Crippen LogP contribution in [0.15, 0.2) is 9.98 Å². The van der Waals surface area contributed by atoms with Gasteiger partial charge in [0.15, 0.2) is 19.0 Å². The molecule has 0 saturated carbocycles. The van der Waals surface area contributed by atoms with Crippen molar-refractivity contribution >= 4 is 60.6 Å². The van der Waals surface area contributed by atoms with Crippen LogP contribution < -0.4 is 5.32 Å². The monoisotopic (exact) mass is 1020 g/mol. The molecule has 404 valence electrons. The van der Waals surface area contributed by atoms with Crippen molar-refractivity contribution in [2.45, 2.75) is 75.1 Å². The van der Waals surface area contributed by atoms with Crippen LogP contribution in [0.5, 0.6) is 0 Å². The van der Waals surface area contributed by atoms with E-state index >= 15 is 0 Å². The molecular weight excluding hydrogens is 947 g/mol. The molecule has 0 radical (unpaired) electrons. The van der Waals surface area contributed by atoms with E-state index < -0.39 is 117 Å². The zero-order chi connectivity index (χ0) is 52.8. The first-order chi connectivity index (χ1) is 33.7. The van der Waals surface area contributed by atoms with E-state index in [0.29, 0.717) is 51.5 Å². The molecule has 2 heterocycles. The zero-order valence-electron chi connectivity index (χ0n) is 40.4. The molecule has 0 unspecified atom stereocenters. The first-order valence-electron chi connectivity index (χ1n) is 23.3. The van der Waals surface area contributed by atoms with E-state index in [1.54, 1.807) is 26.6 Å². The van der Waals surface area contributed by atoms with Gasteiger partial charge in [-0.3, -0.25) is 83.1 Å². The Hall–Kier alpha value is -5.62. The van der Waals surface area contributed by atoms with Gasteiger partial charge in [-0.25, -0.2) is 0 Å². The fraction of sp³-hybridized carbons (Fsp3) is 0.767. The molecule has 0 bridgehead atoms. The van der Waals surface area contributed by atoms with Gasteiger partial charge in [0, 0.05) is 83.6 Å². The number of nitrogens with one attached hydrogen (secondary N) is 1. The van der Waals surface area contributed by atoms with Crippen molar-refractivity contribution in [3.63, 3.8) is 0 Å². The Morgan fingerprint density at radius 1 is 0.549 bits per heavy atom. The molecule has 0 aromatic heterocycles. The SMILES string of the molecule is C/N=C\O[C@H](CCCC/N=C\OCCCCC1(N(CC(=O)O)CC(=O)O)CN(CC(=O)O)CCN(CC(=O)O)C1)NCOCCCCC1(N(CC(=O)O)CC(=O)O)CN(CC(=O)O)CCN(CC(=O)O)C1. The minimum absolute atomic E-state index is 0.00400. The molecule has 2 aliphatic rings. The van der Waals surface area contributed by atoms with Gasteiger partial charge in [0.25, 0.3) is 0 Å².